The molecule has 4 aromatic rings. The second-order valence-electron chi connectivity index (χ2n) is 6.28. The Balaban J connectivity index is 0.00000240. The molecule has 7 heteroatoms. The summed E-state index contributed by atoms with van der Waals surface area (Å²) in [7, 11) is 0. The predicted molar refractivity (Wildman–Crippen MR) is 127 cm³/mol. The molecule has 0 atom stereocenters. The highest BCUT2D eigenvalue weighted by atomic mass is 127. The maximum atomic E-state index is 6.02. The number of nitrogens with one attached hydrogen (secondary N) is 1. The largest absolute Gasteiger partial charge is 0.457 e. The summed E-state index contributed by atoms with van der Waals surface area (Å²) in [5.74, 6) is 1.88. The van der Waals surface area contributed by atoms with Crippen LogP contribution in [-0.4, -0.2) is 21.9 Å². The number of pyridine rings is 1. The molecule has 4 rings (SSSR count). The lowest BCUT2D eigenvalue weighted by molar-refractivity contribution is 0.483. The summed E-state index contributed by atoms with van der Waals surface area (Å²) in [4.78, 5) is 8.95. The average Bonchev–Trinajstić information content (AvgIpc) is 3.12. The standard InChI is InChI=1S/C22H21N5O.HI/c23-22(24-13-12-18-16-27-14-5-4-11-21(27)25-18)26-17-7-6-10-20(15-17)28-19-8-2-1-3-9-19;/h1-11,14-16H,12-13H2,(H3,23,24,26);1H. The molecule has 3 N–H and O–H groups in total. The molecule has 148 valence electrons. The Bertz CT molecular complexity index is 1060. The van der Waals surface area contributed by atoms with E-state index in [1.807, 2.05) is 89.6 Å². The highest BCUT2D eigenvalue weighted by molar-refractivity contribution is 14.0. The van der Waals surface area contributed by atoms with Crippen LogP contribution in [0.3, 0.4) is 0 Å². The molecule has 0 fully saturated rings. The van der Waals surface area contributed by atoms with Crippen molar-refractivity contribution in [1.82, 2.24) is 9.38 Å². The van der Waals surface area contributed by atoms with Crippen LogP contribution in [0.4, 0.5) is 5.69 Å². The zero-order chi connectivity index (χ0) is 19.2. The van der Waals surface area contributed by atoms with Gasteiger partial charge in [0.2, 0.25) is 0 Å². The van der Waals surface area contributed by atoms with Crippen LogP contribution in [0, 0.1) is 0 Å². The Kier molecular flexibility index (Phi) is 7.07. The number of aliphatic imine (C=N–C) groups is 1. The van der Waals surface area contributed by atoms with Crippen LogP contribution in [-0.2, 0) is 6.42 Å². The van der Waals surface area contributed by atoms with Gasteiger partial charge < -0.3 is 20.2 Å². The van der Waals surface area contributed by atoms with Crippen molar-refractivity contribution in [3.05, 3.63) is 90.9 Å². The Morgan fingerprint density at radius 1 is 1.00 bits per heavy atom. The van der Waals surface area contributed by atoms with Crippen LogP contribution in [0.5, 0.6) is 11.5 Å². The molecular weight excluding hydrogens is 477 g/mol. The number of guanidine groups is 1. The van der Waals surface area contributed by atoms with Crippen LogP contribution in [0.25, 0.3) is 5.65 Å². The van der Waals surface area contributed by atoms with Gasteiger partial charge in [0, 0.05) is 37.1 Å². The van der Waals surface area contributed by atoms with Gasteiger partial charge in [-0.25, -0.2) is 4.98 Å². The topological polar surface area (TPSA) is 76.9 Å². The number of hydrogen-bond donors (Lipinski definition) is 2. The summed E-state index contributed by atoms with van der Waals surface area (Å²) in [6, 6.07) is 23.2. The lowest BCUT2D eigenvalue weighted by Gasteiger charge is -2.09. The van der Waals surface area contributed by atoms with Gasteiger partial charge in [0.15, 0.2) is 5.96 Å². The lowest BCUT2D eigenvalue weighted by Crippen LogP contribution is -2.23. The van der Waals surface area contributed by atoms with Gasteiger partial charge in [0.25, 0.3) is 0 Å². The van der Waals surface area contributed by atoms with Gasteiger partial charge in [-0.1, -0.05) is 30.3 Å². The van der Waals surface area contributed by atoms with Crippen molar-refractivity contribution in [2.24, 2.45) is 10.7 Å². The summed E-state index contributed by atoms with van der Waals surface area (Å²) in [6.07, 6.45) is 4.72. The Hall–Kier alpha value is -3.07. The third-order valence-corrected chi connectivity index (χ3v) is 4.15. The molecule has 2 aromatic heterocycles. The molecule has 2 aromatic carbocycles. The molecule has 0 radical (unpaired) electrons. The van der Waals surface area contributed by atoms with Gasteiger partial charge in [-0.3, -0.25) is 4.99 Å². The van der Waals surface area contributed by atoms with Gasteiger partial charge in [-0.15, -0.1) is 24.0 Å². The van der Waals surface area contributed by atoms with Crippen molar-refractivity contribution in [2.45, 2.75) is 6.42 Å². The predicted octanol–water partition coefficient (Wildman–Crippen LogP) is 4.71. The molecule has 0 spiro atoms. The summed E-state index contributed by atoms with van der Waals surface area (Å²) in [5.41, 5.74) is 8.76. The fourth-order valence-electron chi connectivity index (χ4n) is 2.85. The monoisotopic (exact) mass is 499 g/mol. The molecule has 0 saturated carbocycles. The fourth-order valence-corrected chi connectivity index (χ4v) is 2.85. The molecule has 29 heavy (non-hydrogen) atoms. The number of hydrogen-bond acceptors (Lipinski definition) is 3. The Morgan fingerprint density at radius 3 is 2.62 bits per heavy atom. The maximum absolute atomic E-state index is 6.02. The van der Waals surface area contributed by atoms with E-state index in [2.05, 4.69) is 15.3 Å². The summed E-state index contributed by atoms with van der Waals surface area (Å²) >= 11 is 0. The molecule has 0 aliphatic rings. The highest BCUT2D eigenvalue weighted by Gasteiger charge is 2.02. The van der Waals surface area contributed by atoms with Crippen LogP contribution in [0.2, 0.25) is 0 Å². The number of para-hydroxylation sites is 1. The minimum absolute atomic E-state index is 0. The van der Waals surface area contributed by atoms with Gasteiger partial charge in [0.05, 0.1) is 5.69 Å². The second-order valence-corrected chi connectivity index (χ2v) is 6.28. The number of fused-ring (bicyclic) bond motifs is 1. The van der Waals surface area contributed by atoms with Crippen molar-refractivity contribution in [3.63, 3.8) is 0 Å². The van der Waals surface area contributed by atoms with Crippen LogP contribution >= 0.6 is 24.0 Å². The normalized spacial score (nSPS) is 11.1. The maximum Gasteiger partial charge on any atom is 0.193 e. The van der Waals surface area contributed by atoms with Gasteiger partial charge >= 0.3 is 0 Å². The molecule has 0 saturated heterocycles. The van der Waals surface area contributed by atoms with Crippen molar-refractivity contribution in [3.8, 4) is 11.5 Å². The van der Waals surface area contributed by atoms with E-state index in [4.69, 9.17) is 10.5 Å². The number of rotatable bonds is 6. The fraction of sp³-hybridized carbons (Fsp3) is 0.0909. The van der Waals surface area contributed by atoms with E-state index in [1.54, 1.807) is 0 Å². The van der Waals surface area contributed by atoms with E-state index in [-0.39, 0.29) is 24.0 Å². The number of ether oxygens (including phenoxy) is 1. The zero-order valence-electron chi connectivity index (χ0n) is 15.7. The minimum atomic E-state index is 0. The van der Waals surface area contributed by atoms with E-state index in [9.17, 15) is 0 Å². The van der Waals surface area contributed by atoms with Crippen molar-refractivity contribution < 1.29 is 4.74 Å². The molecule has 0 unspecified atom stereocenters. The molecule has 0 bridgehead atoms. The number of nitrogens with two attached hydrogens (primary N) is 1. The first-order valence-electron chi connectivity index (χ1n) is 9.09. The molecule has 2 heterocycles. The molecular formula is C22H22IN5O. The highest BCUT2D eigenvalue weighted by Crippen LogP contribution is 2.23. The van der Waals surface area contributed by atoms with Gasteiger partial charge in [-0.2, -0.15) is 0 Å². The molecule has 6 nitrogen and oxygen atoms in total. The third kappa shape index (κ3) is 5.71. The lowest BCUT2D eigenvalue weighted by atomic mass is 10.3. The van der Waals surface area contributed by atoms with E-state index >= 15 is 0 Å². The minimum Gasteiger partial charge on any atom is -0.457 e. The van der Waals surface area contributed by atoms with Gasteiger partial charge in [-0.05, 0) is 36.4 Å². The number of nitrogens with zero attached hydrogens (tertiary/aromatic N) is 3. The first-order valence-corrected chi connectivity index (χ1v) is 9.09. The van der Waals surface area contributed by atoms with Crippen molar-refractivity contribution in [2.75, 3.05) is 11.9 Å². The SMILES string of the molecule is I.NC(=NCCc1cn2ccccc2n1)Nc1cccc(Oc2ccccc2)c1. The molecule has 0 aliphatic heterocycles. The Labute approximate surface area is 186 Å². The summed E-state index contributed by atoms with van der Waals surface area (Å²) in [6.45, 7) is 0.558. The van der Waals surface area contributed by atoms with Crippen molar-refractivity contribution >= 4 is 41.3 Å². The Morgan fingerprint density at radius 2 is 1.79 bits per heavy atom. The van der Waals surface area contributed by atoms with E-state index in [0.29, 0.717) is 12.5 Å². The average molecular weight is 499 g/mol. The third-order valence-electron chi connectivity index (χ3n) is 4.15. The van der Waals surface area contributed by atoms with E-state index in [0.717, 1.165) is 34.9 Å². The molecule has 0 aliphatic carbocycles. The number of aromatic nitrogens is 2. The summed E-state index contributed by atoms with van der Waals surface area (Å²) < 4.78 is 7.84. The quantitative estimate of drug-likeness (QED) is 0.229. The number of benzene rings is 2. The summed E-state index contributed by atoms with van der Waals surface area (Å²) in [5, 5.41) is 3.10. The second kappa shape index (κ2) is 9.92. The number of imidazole rings is 1. The number of halogens is 1. The van der Waals surface area contributed by atoms with Gasteiger partial charge in [0.1, 0.15) is 17.1 Å². The first kappa shape index (κ1) is 20.7. The van der Waals surface area contributed by atoms with E-state index in [1.165, 1.54) is 0 Å². The van der Waals surface area contributed by atoms with E-state index < -0.39 is 0 Å². The van der Waals surface area contributed by atoms with Crippen LogP contribution < -0.4 is 15.8 Å². The molecule has 0 amide bonds. The first-order chi connectivity index (χ1) is 13.8. The zero-order valence-corrected chi connectivity index (χ0v) is 18.1. The van der Waals surface area contributed by atoms with Crippen LogP contribution in [0.15, 0.2) is 90.2 Å². The number of anilines is 1. The van der Waals surface area contributed by atoms with Crippen molar-refractivity contribution in [1.29, 1.82) is 0 Å². The van der Waals surface area contributed by atoms with Crippen LogP contribution in [0.1, 0.15) is 5.69 Å². The smallest absolute Gasteiger partial charge is 0.193 e.